The summed E-state index contributed by atoms with van der Waals surface area (Å²) in [7, 11) is -3.80. The molecule has 1 fully saturated rings. The molecule has 1 aliphatic rings. The molecule has 0 aliphatic carbocycles. The Kier molecular flexibility index (Phi) is 5.10. The van der Waals surface area contributed by atoms with E-state index in [0.717, 1.165) is 6.42 Å². The van der Waals surface area contributed by atoms with Gasteiger partial charge in [0.05, 0.1) is 12.4 Å². The second kappa shape index (κ2) is 7.57. The second-order valence-electron chi connectivity index (χ2n) is 6.67. The first-order valence-corrected chi connectivity index (χ1v) is 10.3. The minimum absolute atomic E-state index is 0.308. The molecule has 29 heavy (non-hydrogen) atoms. The van der Waals surface area contributed by atoms with Crippen LogP contribution in [-0.4, -0.2) is 51.9 Å². The van der Waals surface area contributed by atoms with E-state index >= 15 is 0 Å². The Labute approximate surface area is 165 Å². The minimum atomic E-state index is -3.80. The molecule has 1 aliphatic heterocycles. The van der Waals surface area contributed by atoms with Crippen LogP contribution in [-0.2, 0) is 10.2 Å². The fourth-order valence-corrected chi connectivity index (χ4v) is 4.00. The lowest BCUT2D eigenvalue weighted by Crippen LogP contribution is -2.49. The van der Waals surface area contributed by atoms with Gasteiger partial charge in [0.1, 0.15) is 17.2 Å². The molecule has 0 spiro atoms. The molecule has 0 bridgehead atoms. The number of piperidine rings is 1. The maximum Gasteiger partial charge on any atom is 0.281 e. The van der Waals surface area contributed by atoms with Gasteiger partial charge in [-0.25, -0.2) is 33.9 Å². The van der Waals surface area contributed by atoms with Crippen molar-refractivity contribution in [1.82, 2.24) is 29.1 Å². The fraction of sp³-hybridized carbons (Fsp3) is 0.375. The van der Waals surface area contributed by atoms with Gasteiger partial charge in [-0.15, -0.1) is 0 Å². The van der Waals surface area contributed by atoms with E-state index in [-0.39, 0.29) is 11.7 Å². The highest BCUT2D eigenvalue weighted by atomic mass is 32.2. The Morgan fingerprint density at radius 3 is 2.83 bits per heavy atom. The fourth-order valence-electron chi connectivity index (χ4n) is 3.34. The average Bonchev–Trinajstić information content (AvgIpc) is 3.10. The third-order valence-corrected chi connectivity index (χ3v) is 5.25. The molecule has 13 heteroatoms. The normalized spacial score (nSPS) is 17.9. The molecular weight excluding hydrogens is 406 g/mol. The quantitative estimate of drug-likeness (QED) is 0.622. The van der Waals surface area contributed by atoms with Crippen LogP contribution < -0.4 is 14.8 Å². The Morgan fingerprint density at radius 1 is 1.24 bits per heavy atom. The molecular formula is C16H18F2N8O2S. The number of alkyl halides is 2. The number of aromatic nitrogens is 5. The zero-order valence-corrected chi connectivity index (χ0v) is 15.9. The molecule has 0 amide bonds. The van der Waals surface area contributed by atoms with Crippen LogP contribution in [0.15, 0.2) is 30.9 Å². The Morgan fingerprint density at radius 2 is 2.07 bits per heavy atom. The van der Waals surface area contributed by atoms with Crippen molar-refractivity contribution < 1.29 is 17.2 Å². The van der Waals surface area contributed by atoms with Crippen LogP contribution in [0.1, 0.15) is 25.0 Å². The Balaban J connectivity index is 1.64. The largest absolute Gasteiger partial charge is 0.355 e. The smallest absolute Gasteiger partial charge is 0.281 e. The van der Waals surface area contributed by atoms with Gasteiger partial charge in [-0.3, -0.25) is 4.40 Å². The number of hydrogen-bond donors (Lipinski definition) is 2. The van der Waals surface area contributed by atoms with E-state index in [1.165, 1.54) is 23.0 Å². The van der Waals surface area contributed by atoms with Crippen molar-refractivity contribution in [2.75, 3.05) is 18.0 Å². The molecule has 3 aromatic heterocycles. The first-order valence-electron chi connectivity index (χ1n) is 8.80. The molecule has 4 heterocycles. The summed E-state index contributed by atoms with van der Waals surface area (Å²) >= 11 is 0. The van der Waals surface area contributed by atoms with Gasteiger partial charge in [0.2, 0.25) is 0 Å². The van der Waals surface area contributed by atoms with Crippen molar-refractivity contribution in [3.8, 4) is 11.5 Å². The number of imidazole rings is 1. The summed E-state index contributed by atoms with van der Waals surface area (Å²) in [5.74, 6) is 0.900. The average molecular weight is 424 g/mol. The molecule has 154 valence electrons. The van der Waals surface area contributed by atoms with Crippen LogP contribution in [0.2, 0.25) is 0 Å². The van der Waals surface area contributed by atoms with Gasteiger partial charge in [0.15, 0.2) is 11.5 Å². The zero-order chi connectivity index (χ0) is 20.6. The van der Waals surface area contributed by atoms with E-state index < -0.39 is 16.6 Å². The predicted molar refractivity (Wildman–Crippen MR) is 100 cm³/mol. The molecule has 1 saturated heterocycles. The highest BCUT2D eigenvalue weighted by molar-refractivity contribution is 7.87. The van der Waals surface area contributed by atoms with Crippen molar-refractivity contribution in [1.29, 1.82) is 0 Å². The predicted octanol–water partition coefficient (Wildman–Crippen LogP) is 0.886. The number of rotatable bonds is 5. The van der Waals surface area contributed by atoms with Crippen LogP contribution in [0.4, 0.5) is 14.6 Å². The van der Waals surface area contributed by atoms with Crippen molar-refractivity contribution in [3.05, 3.63) is 36.5 Å². The van der Waals surface area contributed by atoms with Crippen LogP contribution >= 0.6 is 0 Å². The van der Waals surface area contributed by atoms with Gasteiger partial charge >= 0.3 is 0 Å². The number of nitrogens with two attached hydrogens (primary N) is 1. The van der Waals surface area contributed by atoms with Crippen LogP contribution in [0.25, 0.3) is 17.2 Å². The summed E-state index contributed by atoms with van der Waals surface area (Å²) in [5, 5.41) is 5.07. The first-order chi connectivity index (χ1) is 13.8. The lowest BCUT2D eigenvalue weighted by Gasteiger charge is -2.33. The van der Waals surface area contributed by atoms with Gasteiger partial charge in [-0.05, 0) is 18.9 Å². The van der Waals surface area contributed by atoms with Gasteiger partial charge in [0, 0.05) is 31.5 Å². The summed E-state index contributed by atoms with van der Waals surface area (Å²) < 4.78 is 52.5. The van der Waals surface area contributed by atoms with Gasteiger partial charge in [-0.1, -0.05) is 0 Å². The van der Waals surface area contributed by atoms with Gasteiger partial charge in [0.25, 0.3) is 16.6 Å². The summed E-state index contributed by atoms with van der Waals surface area (Å²) in [5.41, 5.74) is 0.469. The van der Waals surface area contributed by atoms with E-state index in [0.29, 0.717) is 42.5 Å². The van der Waals surface area contributed by atoms with Crippen LogP contribution in [0.5, 0.6) is 0 Å². The number of nitrogens with zero attached hydrogens (tertiary/aromatic N) is 6. The van der Waals surface area contributed by atoms with Crippen molar-refractivity contribution in [2.45, 2.75) is 25.3 Å². The van der Waals surface area contributed by atoms with E-state index in [1.54, 1.807) is 12.3 Å². The molecule has 3 aromatic rings. The Hall–Kier alpha value is -2.77. The standard InChI is InChI=1S/C16H18F2N8O2S/c17-15(18)11-9-26-12(6-22-14(26)7-21-11)16-20-4-3-13(23-16)25-5-1-2-10(8-25)24-29(19,27)28/h3-4,6-7,9-10,15,24H,1-2,5,8H2,(H2,19,27,28)/t10-/m1/s1. The third-order valence-electron chi connectivity index (χ3n) is 4.59. The molecule has 1 atom stereocenters. The van der Waals surface area contributed by atoms with Crippen LogP contribution in [0, 0.1) is 0 Å². The van der Waals surface area contributed by atoms with Crippen molar-refractivity contribution in [3.63, 3.8) is 0 Å². The number of halogens is 2. The summed E-state index contributed by atoms with van der Waals surface area (Å²) in [4.78, 5) is 18.6. The second-order valence-corrected chi connectivity index (χ2v) is 8.00. The maximum absolute atomic E-state index is 13.0. The maximum atomic E-state index is 13.0. The Bertz CT molecular complexity index is 1140. The lowest BCUT2D eigenvalue weighted by atomic mass is 10.1. The molecule has 4 rings (SSSR count). The summed E-state index contributed by atoms with van der Waals surface area (Å²) in [6.07, 6.45) is 4.25. The molecule has 0 saturated carbocycles. The number of nitrogens with one attached hydrogen (secondary N) is 1. The first kappa shape index (κ1) is 19.5. The highest BCUT2D eigenvalue weighted by Gasteiger charge is 2.24. The van der Waals surface area contributed by atoms with E-state index in [9.17, 15) is 17.2 Å². The van der Waals surface area contributed by atoms with Crippen LogP contribution in [0.3, 0.4) is 0 Å². The molecule has 0 aromatic carbocycles. The highest BCUT2D eigenvalue weighted by Crippen LogP contribution is 2.24. The third kappa shape index (κ3) is 4.31. The van der Waals surface area contributed by atoms with Crippen molar-refractivity contribution in [2.24, 2.45) is 5.14 Å². The number of anilines is 1. The summed E-state index contributed by atoms with van der Waals surface area (Å²) in [6, 6.07) is 1.38. The topological polar surface area (TPSA) is 131 Å². The molecule has 3 N–H and O–H groups in total. The summed E-state index contributed by atoms with van der Waals surface area (Å²) in [6.45, 7) is 1.09. The molecule has 10 nitrogen and oxygen atoms in total. The van der Waals surface area contributed by atoms with Crippen molar-refractivity contribution >= 4 is 21.7 Å². The molecule has 0 radical (unpaired) electrons. The lowest BCUT2D eigenvalue weighted by molar-refractivity contribution is 0.145. The monoisotopic (exact) mass is 424 g/mol. The zero-order valence-electron chi connectivity index (χ0n) is 15.1. The SMILES string of the molecule is NS(=O)(=O)N[C@@H]1CCCN(c2ccnc(-c3cnc4cnc(C(F)F)cn34)n2)C1. The van der Waals surface area contributed by atoms with E-state index in [4.69, 9.17) is 5.14 Å². The number of hydrogen-bond acceptors (Lipinski definition) is 7. The van der Waals surface area contributed by atoms with E-state index in [2.05, 4.69) is 24.7 Å². The molecule has 0 unspecified atom stereocenters. The minimum Gasteiger partial charge on any atom is -0.355 e. The number of fused-ring (bicyclic) bond motifs is 1. The van der Waals surface area contributed by atoms with Gasteiger partial charge < -0.3 is 4.90 Å². The van der Waals surface area contributed by atoms with Gasteiger partial charge in [-0.2, -0.15) is 13.1 Å². The van der Waals surface area contributed by atoms with E-state index in [1.807, 2.05) is 4.90 Å².